The molecular weight excluding hydrogens is 354 g/mol. The van der Waals surface area contributed by atoms with Crippen LogP contribution in [-0.2, 0) is 16.6 Å². The average molecular weight is 381 g/mol. The third kappa shape index (κ3) is 3.44. The molecular formula is C23H27NO4. The quantitative estimate of drug-likeness (QED) is 0.571. The molecule has 148 valence electrons. The van der Waals surface area contributed by atoms with Gasteiger partial charge in [-0.3, -0.25) is 0 Å². The van der Waals surface area contributed by atoms with Gasteiger partial charge in [0.15, 0.2) is 5.60 Å². The maximum absolute atomic E-state index is 12.3. The van der Waals surface area contributed by atoms with Crippen molar-refractivity contribution in [3.8, 4) is 22.6 Å². The van der Waals surface area contributed by atoms with Crippen molar-refractivity contribution >= 4 is 16.9 Å². The van der Waals surface area contributed by atoms with Crippen LogP contribution in [0.2, 0.25) is 0 Å². The fourth-order valence-electron chi connectivity index (χ4n) is 3.43. The van der Waals surface area contributed by atoms with Gasteiger partial charge in [-0.1, -0.05) is 24.3 Å². The first-order valence-electron chi connectivity index (χ1n) is 9.38. The molecule has 0 aliphatic carbocycles. The van der Waals surface area contributed by atoms with Gasteiger partial charge in [0.1, 0.15) is 11.5 Å². The zero-order valence-electron chi connectivity index (χ0n) is 17.3. The van der Waals surface area contributed by atoms with Gasteiger partial charge in [-0.15, -0.1) is 0 Å². The first-order chi connectivity index (χ1) is 13.3. The number of rotatable bonds is 6. The Balaban J connectivity index is 2.12. The van der Waals surface area contributed by atoms with Crippen molar-refractivity contribution in [3.05, 3.63) is 48.2 Å². The Labute approximate surface area is 165 Å². The third-order valence-electron chi connectivity index (χ3n) is 4.98. The molecule has 0 saturated heterocycles. The molecule has 0 unspecified atom stereocenters. The molecule has 5 heteroatoms. The zero-order chi connectivity index (χ0) is 20.5. The molecule has 3 aromatic rings. The maximum Gasteiger partial charge on any atom is 0.349 e. The summed E-state index contributed by atoms with van der Waals surface area (Å²) in [5.41, 5.74) is 3.22. The van der Waals surface area contributed by atoms with Crippen LogP contribution in [0.4, 0.5) is 0 Å². The summed E-state index contributed by atoms with van der Waals surface area (Å²) in [6.07, 6.45) is 0. The van der Waals surface area contributed by atoms with Crippen LogP contribution in [0.3, 0.4) is 0 Å². The molecule has 0 amide bonds. The molecule has 28 heavy (non-hydrogen) atoms. The predicted octanol–water partition coefficient (Wildman–Crippen LogP) is 4.88. The van der Waals surface area contributed by atoms with Gasteiger partial charge in [-0.2, -0.15) is 0 Å². The summed E-state index contributed by atoms with van der Waals surface area (Å²) in [7, 11) is 3.67. The SMILES string of the molecule is CCOC(=O)C(C)(C)Oc1cccc2c(-c3ccc(OC)cc3)c(C)n(C)c12. The topological polar surface area (TPSA) is 49.7 Å². The second kappa shape index (κ2) is 7.58. The Morgan fingerprint density at radius 3 is 2.39 bits per heavy atom. The van der Waals surface area contributed by atoms with Crippen LogP contribution in [0.5, 0.6) is 11.5 Å². The van der Waals surface area contributed by atoms with Gasteiger partial charge in [0.2, 0.25) is 0 Å². The van der Waals surface area contributed by atoms with Gasteiger partial charge < -0.3 is 18.8 Å². The lowest BCUT2D eigenvalue weighted by Gasteiger charge is -2.24. The number of aryl methyl sites for hydroxylation is 1. The van der Waals surface area contributed by atoms with Crippen molar-refractivity contribution in [1.82, 2.24) is 4.57 Å². The standard InChI is InChI=1S/C23H27NO4/c1-7-27-22(25)23(3,4)28-19-10-8-9-18-20(15(2)24(5)21(18)19)16-11-13-17(26-6)14-12-16/h8-14H,7H2,1-6H3. The lowest BCUT2D eigenvalue weighted by Crippen LogP contribution is -2.39. The Hall–Kier alpha value is -2.95. The molecule has 1 heterocycles. The Bertz CT molecular complexity index is 1000. The summed E-state index contributed by atoms with van der Waals surface area (Å²) in [6.45, 7) is 7.64. The minimum absolute atomic E-state index is 0.320. The smallest absolute Gasteiger partial charge is 0.349 e. The van der Waals surface area contributed by atoms with E-state index < -0.39 is 5.60 Å². The normalized spacial score (nSPS) is 11.5. The predicted molar refractivity (Wildman–Crippen MR) is 111 cm³/mol. The number of carbonyl (C=O) groups is 1. The second-order valence-corrected chi connectivity index (χ2v) is 7.23. The highest BCUT2D eigenvalue weighted by molar-refractivity contribution is 6.01. The van der Waals surface area contributed by atoms with Gasteiger partial charge in [0.25, 0.3) is 0 Å². The molecule has 5 nitrogen and oxygen atoms in total. The van der Waals surface area contributed by atoms with Gasteiger partial charge in [0, 0.05) is 23.7 Å². The largest absolute Gasteiger partial charge is 0.497 e. The highest BCUT2D eigenvalue weighted by Gasteiger charge is 2.32. The highest BCUT2D eigenvalue weighted by Crippen LogP contribution is 2.39. The molecule has 3 rings (SSSR count). The lowest BCUT2D eigenvalue weighted by molar-refractivity contribution is -0.158. The molecule has 0 atom stereocenters. The summed E-state index contributed by atoms with van der Waals surface area (Å²) < 4.78 is 18.7. The number of carbonyl (C=O) groups excluding carboxylic acids is 1. The molecule has 0 saturated carbocycles. The van der Waals surface area contributed by atoms with Crippen LogP contribution in [-0.4, -0.2) is 29.9 Å². The van der Waals surface area contributed by atoms with E-state index in [0.29, 0.717) is 12.4 Å². The van der Waals surface area contributed by atoms with Crippen molar-refractivity contribution in [2.45, 2.75) is 33.3 Å². The molecule has 0 fully saturated rings. The monoisotopic (exact) mass is 381 g/mol. The van der Waals surface area contributed by atoms with E-state index in [-0.39, 0.29) is 5.97 Å². The summed E-state index contributed by atoms with van der Waals surface area (Å²) in [5, 5.41) is 1.07. The van der Waals surface area contributed by atoms with E-state index in [4.69, 9.17) is 14.2 Å². The zero-order valence-corrected chi connectivity index (χ0v) is 17.3. The van der Waals surface area contributed by atoms with Crippen LogP contribution in [0.25, 0.3) is 22.0 Å². The van der Waals surface area contributed by atoms with E-state index in [1.165, 1.54) is 0 Å². The lowest BCUT2D eigenvalue weighted by atomic mass is 10.0. The minimum atomic E-state index is -1.08. The second-order valence-electron chi connectivity index (χ2n) is 7.23. The fraction of sp³-hybridized carbons (Fsp3) is 0.348. The molecule has 1 aromatic heterocycles. The van der Waals surface area contributed by atoms with E-state index in [9.17, 15) is 4.79 Å². The summed E-state index contributed by atoms with van der Waals surface area (Å²) >= 11 is 0. The third-order valence-corrected chi connectivity index (χ3v) is 4.98. The highest BCUT2D eigenvalue weighted by atomic mass is 16.6. The molecule has 0 spiro atoms. The van der Waals surface area contributed by atoms with Crippen LogP contribution in [0, 0.1) is 6.92 Å². The van der Waals surface area contributed by atoms with Crippen molar-refractivity contribution in [1.29, 1.82) is 0 Å². The van der Waals surface area contributed by atoms with Crippen LogP contribution < -0.4 is 9.47 Å². The molecule has 0 N–H and O–H groups in total. The van der Waals surface area contributed by atoms with Gasteiger partial charge in [-0.25, -0.2) is 4.79 Å². The average Bonchev–Trinajstić information content (AvgIpc) is 2.93. The Morgan fingerprint density at radius 2 is 1.79 bits per heavy atom. The first kappa shape index (κ1) is 19.8. The number of ether oxygens (including phenoxy) is 3. The molecule has 0 aliphatic rings. The van der Waals surface area contributed by atoms with Crippen molar-refractivity contribution in [2.24, 2.45) is 7.05 Å². The van der Waals surface area contributed by atoms with Gasteiger partial charge in [0.05, 0.1) is 19.2 Å². The van der Waals surface area contributed by atoms with Crippen molar-refractivity contribution in [3.63, 3.8) is 0 Å². The van der Waals surface area contributed by atoms with E-state index in [1.54, 1.807) is 27.9 Å². The molecule has 0 aliphatic heterocycles. The molecule has 2 aromatic carbocycles. The maximum atomic E-state index is 12.3. The van der Waals surface area contributed by atoms with E-state index in [0.717, 1.165) is 33.5 Å². The van der Waals surface area contributed by atoms with Crippen molar-refractivity contribution < 1.29 is 19.0 Å². The summed E-state index contributed by atoms with van der Waals surface area (Å²) in [4.78, 5) is 12.3. The van der Waals surface area contributed by atoms with Crippen LogP contribution >= 0.6 is 0 Å². The van der Waals surface area contributed by atoms with Crippen LogP contribution in [0.1, 0.15) is 26.5 Å². The molecule has 0 bridgehead atoms. The first-order valence-corrected chi connectivity index (χ1v) is 9.38. The number of aromatic nitrogens is 1. The number of fused-ring (bicyclic) bond motifs is 1. The Morgan fingerprint density at radius 1 is 1.11 bits per heavy atom. The number of para-hydroxylation sites is 1. The van der Waals surface area contributed by atoms with E-state index in [2.05, 4.69) is 29.7 Å². The van der Waals surface area contributed by atoms with Crippen LogP contribution in [0.15, 0.2) is 42.5 Å². The number of methoxy groups -OCH3 is 1. The number of benzene rings is 2. The summed E-state index contributed by atoms with van der Waals surface area (Å²) in [5.74, 6) is 1.09. The van der Waals surface area contributed by atoms with E-state index >= 15 is 0 Å². The van der Waals surface area contributed by atoms with Crippen molar-refractivity contribution in [2.75, 3.05) is 13.7 Å². The summed E-state index contributed by atoms with van der Waals surface area (Å²) in [6, 6.07) is 13.9. The Kier molecular flexibility index (Phi) is 5.36. The number of nitrogens with zero attached hydrogens (tertiary/aromatic N) is 1. The number of hydrogen-bond donors (Lipinski definition) is 0. The van der Waals surface area contributed by atoms with E-state index in [1.807, 2.05) is 31.3 Å². The molecule has 0 radical (unpaired) electrons. The fourth-order valence-corrected chi connectivity index (χ4v) is 3.43. The minimum Gasteiger partial charge on any atom is -0.497 e. The number of hydrogen-bond acceptors (Lipinski definition) is 4. The van der Waals surface area contributed by atoms with Gasteiger partial charge in [-0.05, 0) is 51.5 Å². The number of esters is 1. The van der Waals surface area contributed by atoms with Gasteiger partial charge >= 0.3 is 5.97 Å².